The number of allylic oxidation sites excluding steroid dienone is 1. The van der Waals surface area contributed by atoms with Crippen LogP contribution >= 0.6 is 0 Å². The molecule has 1 aromatic carbocycles. The Labute approximate surface area is 207 Å². The van der Waals surface area contributed by atoms with E-state index in [4.69, 9.17) is 10.6 Å². The number of nitrogens with two attached hydrogens (primary N) is 1. The molecule has 2 aromatic rings. The minimum Gasteiger partial charge on any atom is -0.399 e. The largest absolute Gasteiger partial charge is 0.399 e. The maximum Gasteiger partial charge on any atom is 0.123 e. The Morgan fingerprint density at radius 2 is 1.76 bits per heavy atom. The second-order valence-corrected chi connectivity index (χ2v) is 8.99. The summed E-state index contributed by atoms with van der Waals surface area (Å²) < 4.78 is 0. The fourth-order valence-electron chi connectivity index (χ4n) is 4.66. The number of aromatic nitrogens is 1. The molecule has 1 aromatic heterocycles. The fraction of sp³-hybridized carbons (Fsp3) is 0.517. The number of benzene rings is 1. The molecule has 0 aliphatic carbocycles. The number of aryl methyl sites for hydroxylation is 1. The normalized spacial score (nSPS) is 14.5. The molecular weight excluding hydrogens is 420 g/mol. The van der Waals surface area contributed by atoms with Crippen LogP contribution in [0.15, 0.2) is 66.1 Å². The Balaban J connectivity index is 0.000000379. The minimum atomic E-state index is 0.460. The van der Waals surface area contributed by atoms with Gasteiger partial charge in [-0.05, 0) is 61.3 Å². The van der Waals surface area contributed by atoms with Crippen molar-refractivity contribution in [2.75, 3.05) is 25.9 Å². The number of hydrogen-bond donors (Lipinski definition) is 1. The van der Waals surface area contributed by atoms with E-state index in [-0.39, 0.29) is 0 Å². The van der Waals surface area contributed by atoms with Gasteiger partial charge in [0.1, 0.15) is 12.9 Å². The molecule has 0 saturated carbocycles. The van der Waals surface area contributed by atoms with Gasteiger partial charge in [-0.3, -0.25) is 0 Å². The maximum absolute atomic E-state index is 5.42. The summed E-state index contributed by atoms with van der Waals surface area (Å²) in [5, 5.41) is 4.36. The third-order valence-corrected chi connectivity index (χ3v) is 6.55. The quantitative estimate of drug-likeness (QED) is 0.314. The van der Waals surface area contributed by atoms with Crippen molar-refractivity contribution in [3.8, 4) is 0 Å². The lowest BCUT2D eigenvalue weighted by Crippen LogP contribution is -2.37. The van der Waals surface area contributed by atoms with E-state index in [1.807, 2.05) is 18.2 Å². The highest BCUT2D eigenvalue weighted by Gasteiger charge is 2.27. The Bertz CT molecular complexity index is 867. The van der Waals surface area contributed by atoms with Crippen molar-refractivity contribution in [3.05, 3.63) is 72.1 Å². The second kappa shape index (κ2) is 15.2. The van der Waals surface area contributed by atoms with E-state index in [1.54, 1.807) is 13.3 Å². The SMILES string of the molecule is C=C(C(CCC)CCC)N1CCC(C(=NOC)c2ccccc2)CC1.CCc1ccnc(N)c1. The van der Waals surface area contributed by atoms with Gasteiger partial charge in [-0.25, -0.2) is 4.98 Å². The summed E-state index contributed by atoms with van der Waals surface area (Å²) >= 11 is 0. The topological polar surface area (TPSA) is 63.7 Å². The zero-order chi connectivity index (χ0) is 24.8. The number of oxime groups is 1. The molecule has 5 heteroatoms. The van der Waals surface area contributed by atoms with Crippen LogP contribution in [0.3, 0.4) is 0 Å². The number of hydrogen-bond acceptors (Lipinski definition) is 5. The zero-order valence-corrected chi connectivity index (χ0v) is 21.7. The van der Waals surface area contributed by atoms with E-state index in [9.17, 15) is 0 Å². The molecule has 1 fully saturated rings. The molecule has 5 nitrogen and oxygen atoms in total. The molecule has 3 rings (SSSR count). The monoisotopic (exact) mass is 464 g/mol. The molecule has 2 heterocycles. The lowest BCUT2D eigenvalue weighted by Gasteiger charge is -2.38. The van der Waals surface area contributed by atoms with Gasteiger partial charge in [0, 0.05) is 30.9 Å². The predicted molar refractivity (Wildman–Crippen MR) is 145 cm³/mol. The number of pyridine rings is 1. The number of rotatable bonds is 10. The van der Waals surface area contributed by atoms with Crippen LogP contribution in [-0.4, -0.2) is 35.8 Å². The molecule has 0 bridgehead atoms. The van der Waals surface area contributed by atoms with E-state index in [0.29, 0.717) is 17.7 Å². The molecule has 0 spiro atoms. The van der Waals surface area contributed by atoms with Crippen LogP contribution in [-0.2, 0) is 11.3 Å². The number of nitrogens with zero attached hydrogens (tertiary/aromatic N) is 3. The van der Waals surface area contributed by atoms with Gasteiger partial charge in [0.05, 0.1) is 5.71 Å². The smallest absolute Gasteiger partial charge is 0.123 e. The Morgan fingerprint density at radius 1 is 1.12 bits per heavy atom. The summed E-state index contributed by atoms with van der Waals surface area (Å²) in [7, 11) is 1.64. The highest BCUT2D eigenvalue weighted by atomic mass is 16.6. The molecule has 0 amide bonds. The van der Waals surface area contributed by atoms with Crippen molar-refractivity contribution in [2.24, 2.45) is 17.0 Å². The first-order chi connectivity index (χ1) is 16.5. The molecule has 0 atom stereocenters. The Morgan fingerprint density at radius 3 is 2.26 bits per heavy atom. The van der Waals surface area contributed by atoms with Crippen LogP contribution in [0.2, 0.25) is 0 Å². The number of likely N-dealkylation sites (tertiary alicyclic amines) is 1. The van der Waals surface area contributed by atoms with Crippen molar-refractivity contribution in [2.45, 2.75) is 65.7 Å². The first kappa shape index (κ1) is 27.4. The summed E-state index contributed by atoms with van der Waals surface area (Å²) in [6.07, 6.45) is 9.96. The highest BCUT2D eigenvalue weighted by molar-refractivity contribution is 6.02. The van der Waals surface area contributed by atoms with Crippen LogP contribution in [0, 0.1) is 11.8 Å². The summed E-state index contributed by atoms with van der Waals surface area (Å²) in [5.41, 5.74) is 10.3. The average molecular weight is 465 g/mol. The third-order valence-electron chi connectivity index (χ3n) is 6.55. The molecule has 186 valence electrons. The van der Waals surface area contributed by atoms with Crippen molar-refractivity contribution < 1.29 is 4.84 Å². The summed E-state index contributed by atoms with van der Waals surface area (Å²) in [6, 6.07) is 14.3. The first-order valence-electron chi connectivity index (χ1n) is 12.8. The van der Waals surface area contributed by atoms with Gasteiger partial charge in [-0.2, -0.15) is 0 Å². The highest BCUT2D eigenvalue weighted by Crippen LogP contribution is 2.30. The van der Waals surface area contributed by atoms with Crippen molar-refractivity contribution >= 4 is 11.5 Å². The lowest BCUT2D eigenvalue weighted by atomic mass is 9.86. The Kier molecular flexibility index (Phi) is 12.2. The van der Waals surface area contributed by atoms with Gasteiger partial charge >= 0.3 is 0 Å². The predicted octanol–water partition coefficient (Wildman–Crippen LogP) is 6.71. The average Bonchev–Trinajstić information content (AvgIpc) is 2.88. The third kappa shape index (κ3) is 8.51. The van der Waals surface area contributed by atoms with Gasteiger partial charge in [-0.1, -0.05) is 75.7 Å². The first-order valence-corrected chi connectivity index (χ1v) is 12.8. The van der Waals surface area contributed by atoms with Crippen LogP contribution < -0.4 is 5.73 Å². The summed E-state index contributed by atoms with van der Waals surface area (Å²) in [4.78, 5) is 11.5. The zero-order valence-electron chi connectivity index (χ0n) is 21.7. The van der Waals surface area contributed by atoms with Crippen LogP contribution in [0.25, 0.3) is 0 Å². The van der Waals surface area contributed by atoms with Gasteiger partial charge in [0.25, 0.3) is 0 Å². The number of anilines is 1. The summed E-state index contributed by atoms with van der Waals surface area (Å²) in [6.45, 7) is 13.2. The molecule has 2 N–H and O–H groups in total. The molecule has 1 aliphatic rings. The second-order valence-electron chi connectivity index (χ2n) is 8.99. The number of nitrogen functional groups attached to an aromatic ring is 1. The molecule has 0 radical (unpaired) electrons. The van der Waals surface area contributed by atoms with Gasteiger partial charge in [0.15, 0.2) is 0 Å². The Hall–Kier alpha value is -2.82. The standard InChI is InChI=1S/C22H34N2O.C7H10N2/c1-5-10-19(11-6-2)18(3)24-16-14-21(15-17-24)22(23-25-4)20-12-8-7-9-13-20;1-2-6-3-4-9-7(8)5-6/h7-9,12-13,19,21H,3,5-6,10-11,14-17H2,1-2,4H3;3-5H,2H2,1H3,(H2,8,9). The van der Waals surface area contributed by atoms with E-state index < -0.39 is 0 Å². The fourth-order valence-corrected chi connectivity index (χ4v) is 4.66. The van der Waals surface area contributed by atoms with Crippen molar-refractivity contribution in [3.63, 3.8) is 0 Å². The van der Waals surface area contributed by atoms with Crippen LogP contribution in [0.4, 0.5) is 5.82 Å². The summed E-state index contributed by atoms with van der Waals surface area (Å²) in [5.74, 6) is 1.71. The lowest BCUT2D eigenvalue weighted by molar-refractivity contribution is 0.201. The minimum absolute atomic E-state index is 0.460. The van der Waals surface area contributed by atoms with Gasteiger partial charge < -0.3 is 15.5 Å². The molecule has 1 saturated heterocycles. The molecule has 34 heavy (non-hydrogen) atoms. The van der Waals surface area contributed by atoms with Gasteiger partial charge in [0.2, 0.25) is 0 Å². The van der Waals surface area contributed by atoms with E-state index in [1.165, 1.54) is 42.5 Å². The van der Waals surface area contributed by atoms with E-state index in [2.05, 4.69) is 66.7 Å². The van der Waals surface area contributed by atoms with E-state index in [0.717, 1.165) is 38.1 Å². The van der Waals surface area contributed by atoms with Crippen LogP contribution in [0.5, 0.6) is 0 Å². The maximum atomic E-state index is 5.42. The molecular formula is C29H44N4O. The van der Waals surface area contributed by atoms with Crippen molar-refractivity contribution in [1.29, 1.82) is 0 Å². The molecule has 0 unspecified atom stereocenters. The van der Waals surface area contributed by atoms with E-state index >= 15 is 0 Å². The molecule has 1 aliphatic heterocycles. The van der Waals surface area contributed by atoms with Gasteiger partial charge in [-0.15, -0.1) is 0 Å². The van der Waals surface area contributed by atoms with Crippen molar-refractivity contribution in [1.82, 2.24) is 9.88 Å². The number of piperidine rings is 1. The van der Waals surface area contributed by atoms with Crippen LogP contribution in [0.1, 0.15) is 70.4 Å².